The average molecular weight is 236 g/mol. The number of hydrogen-bond acceptors (Lipinski definition) is 2. The zero-order chi connectivity index (χ0) is 12.6. The summed E-state index contributed by atoms with van der Waals surface area (Å²) >= 11 is 0. The second-order valence-electron chi connectivity index (χ2n) is 7.21. The van der Waals surface area contributed by atoms with E-state index in [2.05, 4.69) is 20.8 Å². The molecule has 2 nitrogen and oxygen atoms in total. The van der Waals surface area contributed by atoms with E-state index in [1.54, 1.807) is 0 Å². The van der Waals surface area contributed by atoms with Crippen LogP contribution in [0.1, 0.15) is 53.4 Å². The summed E-state index contributed by atoms with van der Waals surface area (Å²) in [6.07, 6.45) is 3.57. The highest BCUT2D eigenvalue weighted by atomic mass is 16.4. The Kier molecular flexibility index (Phi) is 2.05. The molecule has 3 saturated carbocycles. The van der Waals surface area contributed by atoms with E-state index < -0.39 is 11.2 Å². The SMILES string of the molecule is CC(C)=C1CC2(C)C3CCC2(O)[C@@](C)(O)CC13. The highest BCUT2D eigenvalue weighted by molar-refractivity contribution is 5.35. The molecule has 0 aromatic carbocycles. The summed E-state index contributed by atoms with van der Waals surface area (Å²) in [6, 6.07) is 0. The summed E-state index contributed by atoms with van der Waals surface area (Å²) in [5.74, 6) is 1.08. The number of aliphatic hydroxyl groups is 2. The van der Waals surface area contributed by atoms with Gasteiger partial charge in [-0.1, -0.05) is 18.1 Å². The lowest BCUT2D eigenvalue weighted by atomic mass is 9.58. The summed E-state index contributed by atoms with van der Waals surface area (Å²) in [6.45, 7) is 8.38. The van der Waals surface area contributed by atoms with Crippen LogP contribution in [0.3, 0.4) is 0 Å². The van der Waals surface area contributed by atoms with Crippen LogP contribution in [0.5, 0.6) is 0 Å². The van der Waals surface area contributed by atoms with Crippen LogP contribution in [-0.4, -0.2) is 21.4 Å². The Labute approximate surface area is 104 Å². The second kappa shape index (κ2) is 2.97. The van der Waals surface area contributed by atoms with E-state index in [9.17, 15) is 10.2 Å². The van der Waals surface area contributed by atoms with Crippen molar-refractivity contribution in [3.05, 3.63) is 11.1 Å². The van der Waals surface area contributed by atoms with Gasteiger partial charge in [0, 0.05) is 5.41 Å². The minimum absolute atomic E-state index is 0.105. The van der Waals surface area contributed by atoms with E-state index in [1.165, 1.54) is 11.1 Å². The summed E-state index contributed by atoms with van der Waals surface area (Å²) < 4.78 is 0. The van der Waals surface area contributed by atoms with E-state index in [-0.39, 0.29) is 5.41 Å². The smallest absolute Gasteiger partial charge is 0.0989 e. The molecule has 0 spiro atoms. The molecule has 0 aromatic heterocycles. The predicted octanol–water partition coefficient (Wildman–Crippen LogP) is 2.64. The third-order valence-electron chi connectivity index (χ3n) is 6.22. The molecule has 0 radical (unpaired) electrons. The molecule has 96 valence electrons. The van der Waals surface area contributed by atoms with Crippen molar-refractivity contribution in [2.24, 2.45) is 17.3 Å². The van der Waals surface area contributed by atoms with E-state index in [0.29, 0.717) is 11.8 Å². The van der Waals surface area contributed by atoms with Gasteiger partial charge in [0.15, 0.2) is 0 Å². The zero-order valence-corrected chi connectivity index (χ0v) is 11.4. The number of hydrogen-bond donors (Lipinski definition) is 2. The van der Waals surface area contributed by atoms with Crippen molar-refractivity contribution in [1.82, 2.24) is 0 Å². The van der Waals surface area contributed by atoms with Crippen LogP contribution in [0.25, 0.3) is 0 Å². The van der Waals surface area contributed by atoms with E-state index in [4.69, 9.17) is 0 Å². The van der Waals surface area contributed by atoms with Crippen LogP contribution in [0.4, 0.5) is 0 Å². The normalized spacial score (nSPS) is 56.5. The maximum absolute atomic E-state index is 11.0. The third kappa shape index (κ3) is 1.09. The Bertz CT molecular complexity index is 405. The molecule has 2 N–H and O–H groups in total. The zero-order valence-electron chi connectivity index (χ0n) is 11.4. The van der Waals surface area contributed by atoms with Gasteiger partial charge in [0.1, 0.15) is 0 Å². The Morgan fingerprint density at radius 3 is 2.47 bits per heavy atom. The average Bonchev–Trinajstić information content (AvgIpc) is 2.55. The highest BCUT2D eigenvalue weighted by Crippen LogP contribution is 2.71. The Hall–Kier alpha value is -0.340. The first-order chi connectivity index (χ1) is 7.73. The summed E-state index contributed by atoms with van der Waals surface area (Å²) in [5, 5.41) is 21.7. The molecule has 0 aliphatic heterocycles. The van der Waals surface area contributed by atoms with Crippen LogP contribution >= 0.6 is 0 Å². The molecule has 4 bridgehead atoms. The van der Waals surface area contributed by atoms with Crippen LogP contribution in [-0.2, 0) is 0 Å². The van der Waals surface area contributed by atoms with Crippen molar-refractivity contribution in [2.45, 2.75) is 64.6 Å². The van der Waals surface area contributed by atoms with E-state index >= 15 is 0 Å². The van der Waals surface area contributed by atoms with Gasteiger partial charge in [-0.25, -0.2) is 0 Å². The van der Waals surface area contributed by atoms with Crippen molar-refractivity contribution in [3.63, 3.8) is 0 Å². The molecule has 0 amide bonds. The second-order valence-corrected chi connectivity index (χ2v) is 7.21. The summed E-state index contributed by atoms with van der Waals surface area (Å²) in [7, 11) is 0. The van der Waals surface area contributed by atoms with Crippen LogP contribution in [0, 0.1) is 17.3 Å². The molecular formula is C15H24O2. The van der Waals surface area contributed by atoms with Crippen molar-refractivity contribution >= 4 is 0 Å². The first-order valence-corrected chi connectivity index (χ1v) is 6.84. The molecule has 17 heavy (non-hydrogen) atoms. The molecular weight excluding hydrogens is 212 g/mol. The molecule has 3 fully saturated rings. The molecule has 2 heteroatoms. The van der Waals surface area contributed by atoms with Gasteiger partial charge < -0.3 is 10.2 Å². The van der Waals surface area contributed by atoms with Gasteiger partial charge >= 0.3 is 0 Å². The fraction of sp³-hybridized carbons (Fsp3) is 0.867. The van der Waals surface area contributed by atoms with Gasteiger partial charge in [-0.15, -0.1) is 0 Å². The van der Waals surface area contributed by atoms with Gasteiger partial charge in [0.25, 0.3) is 0 Å². The predicted molar refractivity (Wildman–Crippen MR) is 67.5 cm³/mol. The lowest BCUT2D eigenvalue weighted by molar-refractivity contribution is -0.216. The van der Waals surface area contributed by atoms with Crippen LogP contribution in [0.15, 0.2) is 11.1 Å². The molecule has 3 rings (SSSR count). The Balaban J connectivity index is 2.18. The maximum atomic E-state index is 11.0. The van der Waals surface area contributed by atoms with Gasteiger partial charge in [-0.2, -0.15) is 0 Å². The standard InChI is InChI=1S/C15H24O2/c1-9(2)10-7-13(3)12-5-6-15(13,17)14(4,16)8-11(10)12/h11-12,16-17H,5-8H2,1-4H3/t11?,12?,13?,14-,15?/m0/s1. The Morgan fingerprint density at radius 2 is 1.88 bits per heavy atom. The fourth-order valence-corrected chi connectivity index (χ4v) is 5.26. The molecule has 0 saturated heterocycles. The van der Waals surface area contributed by atoms with Gasteiger partial charge in [-0.3, -0.25) is 0 Å². The lowest BCUT2D eigenvalue weighted by Crippen LogP contribution is -2.62. The monoisotopic (exact) mass is 236 g/mol. The lowest BCUT2D eigenvalue weighted by Gasteiger charge is -2.52. The Morgan fingerprint density at radius 1 is 1.24 bits per heavy atom. The minimum Gasteiger partial charge on any atom is -0.387 e. The first-order valence-electron chi connectivity index (χ1n) is 6.84. The summed E-state index contributed by atoms with van der Waals surface area (Å²) in [5.41, 5.74) is 1.00. The van der Waals surface area contributed by atoms with Crippen LogP contribution in [0.2, 0.25) is 0 Å². The summed E-state index contributed by atoms with van der Waals surface area (Å²) in [4.78, 5) is 0. The van der Waals surface area contributed by atoms with Crippen molar-refractivity contribution in [2.75, 3.05) is 0 Å². The first kappa shape index (κ1) is 11.7. The largest absolute Gasteiger partial charge is 0.387 e. The van der Waals surface area contributed by atoms with Crippen molar-refractivity contribution in [1.29, 1.82) is 0 Å². The topological polar surface area (TPSA) is 40.5 Å². The third-order valence-corrected chi connectivity index (χ3v) is 6.22. The molecule has 0 aromatic rings. The van der Waals surface area contributed by atoms with Crippen molar-refractivity contribution < 1.29 is 10.2 Å². The molecule has 5 atom stereocenters. The quantitative estimate of drug-likeness (QED) is 0.635. The highest BCUT2D eigenvalue weighted by Gasteiger charge is 2.72. The van der Waals surface area contributed by atoms with E-state index in [1.807, 2.05) is 6.92 Å². The molecule has 3 aliphatic carbocycles. The van der Waals surface area contributed by atoms with Gasteiger partial charge in [-0.05, 0) is 58.3 Å². The van der Waals surface area contributed by atoms with Crippen molar-refractivity contribution in [3.8, 4) is 0 Å². The molecule has 0 heterocycles. The number of rotatable bonds is 0. The van der Waals surface area contributed by atoms with Gasteiger partial charge in [0.05, 0.1) is 11.2 Å². The van der Waals surface area contributed by atoms with E-state index in [0.717, 1.165) is 25.7 Å². The van der Waals surface area contributed by atoms with Crippen LogP contribution < -0.4 is 0 Å². The maximum Gasteiger partial charge on any atom is 0.0989 e. The van der Waals surface area contributed by atoms with Gasteiger partial charge in [0.2, 0.25) is 0 Å². The minimum atomic E-state index is -0.920. The fourth-order valence-electron chi connectivity index (χ4n) is 5.26. The molecule has 3 aliphatic rings. The molecule has 4 unspecified atom stereocenters. The number of allylic oxidation sites excluding steroid dienone is 2.